The van der Waals surface area contributed by atoms with Crippen LogP contribution < -0.4 is 10.9 Å². The van der Waals surface area contributed by atoms with E-state index >= 15 is 0 Å². The van der Waals surface area contributed by atoms with E-state index in [1.807, 2.05) is 0 Å². The molecule has 1 aromatic heterocycles. The van der Waals surface area contributed by atoms with Crippen LogP contribution in [0.1, 0.15) is 19.8 Å². The van der Waals surface area contributed by atoms with Gasteiger partial charge in [-0.3, -0.25) is 4.79 Å². The van der Waals surface area contributed by atoms with Crippen LogP contribution in [0.2, 0.25) is 0 Å². The summed E-state index contributed by atoms with van der Waals surface area (Å²) < 4.78 is 1.77. The number of hydrogen-bond acceptors (Lipinski definition) is 4. The molecule has 1 unspecified atom stereocenters. The molecule has 1 atom stereocenters. The SMILES string of the molecule is CCC(CCO)CNc1cnn(C)c(=O)c1Br. The van der Waals surface area contributed by atoms with Gasteiger partial charge in [0.25, 0.3) is 5.56 Å². The molecule has 0 aliphatic rings. The summed E-state index contributed by atoms with van der Waals surface area (Å²) in [6.07, 6.45) is 3.37. The van der Waals surface area contributed by atoms with E-state index < -0.39 is 0 Å². The molecule has 0 radical (unpaired) electrons. The average Bonchev–Trinajstić information content (AvgIpc) is 2.33. The van der Waals surface area contributed by atoms with E-state index in [4.69, 9.17) is 5.11 Å². The third-order valence-corrected chi connectivity index (χ3v) is 3.54. The Morgan fingerprint density at radius 1 is 1.65 bits per heavy atom. The van der Waals surface area contributed by atoms with Gasteiger partial charge in [-0.1, -0.05) is 13.3 Å². The topological polar surface area (TPSA) is 67.2 Å². The van der Waals surface area contributed by atoms with Gasteiger partial charge in [0.05, 0.1) is 11.9 Å². The zero-order chi connectivity index (χ0) is 12.8. The van der Waals surface area contributed by atoms with Crippen LogP contribution in [0.4, 0.5) is 5.69 Å². The van der Waals surface area contributed by atoms with Gasteiger partial charge in [0.1, 0.15) is 4.47 Å². The molecule has 0 spiro atoms. The largest absolute Gasteiger partial charge is 0.396 e. The van der Waals surface area contributed by atoms with Gasteiger partial charge < -0.3 is 10.4 Å². The van der Waals surface area contributed by atoms with Crippen LogP contribution in [-0.2, 0) is 7.05 Å². The molecule has 0 amide bonds. The molecule has 1 rings (SSSR count). The van der Waals surface area contributed by atoms with Crippen LogP contribution in [0, 0.1) is 5.92 Å². The lowest BCUT2D eigenvalue weighted by Crippen LogP contribution is -2.23. The molecule has 1 heterocycles. The maximum atomic E-state index is 11.6. The van der Waals surface area contributed by atoms with E-state index in [0.717, 1.165) is 19.4 Å². The number of aryl methyl sites for hydroxylation is 1. The Morgan fingerprint density at radius 3 is 2.94 bits per heavy atom. The summed E-state index contributed by atoms with van der Waals surface area (Å²) in [5, 5.41) is 16.0. The number of rotatable bonds is 6. The van der Waals surface area contributed by atoms with E-state index in [-0.39, 0.29) is 12.2 Å². The molecule has 5 nitrogen and oxygen atoms in total. The number of nitrogens with one attached hydrogen (secondary N) is 1. The number of aromatic nitrogens is 2. The molecule has 0 saturated carbocycles. The second-order valence-electron chi connectivity index (χ2n) is 3.97. The number of halogens is 1. The van der Waals surface area contributed by atoms with Gasteiger partial charge in [-0.15, -0.1) is 0 Å². The predicted molar refractivity (Wildman–Crippen MR) is 71.2 cm³/mol. The van der Waals surface area contributed by atoms with Gasteiger partial charge in [0.2, 0.25) is 0 Å². The van der Waals surface area contributed by atoms with Crippen LogP contribution in [-0.4, -0.2) is 28.0 Å². The molecule has 1 aromatic rings. The fraction of sp³-hybridized carbons (Fsp3) is 0.636. The minimum absolute atomic E-state index is 0.162. The van der Waals surface area contributed by atoms with E-state index in [2.05, 4.69) is 33.3 Å². The first-order valence-electron chi connectivity index (χ1n) is 5.66. The third-order valence-electron chi connectivity index (χ3n) is 2.77. The second-order valence-corrected chi connectivity index (χ2v) is 4.76. The fourth-order valence-electron chi connectivity index (χ4n) is 1.52. The van der Waals surface area contributed by atoms with Crippen molar-refractivity contribution in [1.82, 2.24) is 9.78 Å². The lowest BCUT2D eigenvalue weighted by molar-refractivity contribution is 0.258. The van der Waals surface area contributed by atoms with Crippen LogP contribution in [0.3, 0.4) is 0 Å². The Labute approximate surface area is 109 Å². The summed E-state index contributed by atoms with van der Waals surface area (Å²) in [7, 11) is 1.61. The first-order chi connectivity index (χ1) is 8.10. The van der Waals surface area contributed by atoms with Gasteiger partial charge in [0, 0.05) is 20.2 Å². The molecule has 96 valence electrons. The van der Waals surface area contributed by atoms with Gasteiger partial charge in [0.15, 0.2) is 0 Å². The van der Waals surface area contributed by atoms with E-state index in [1.165, 1.54) is 4.68 Å². The van der Waals surface area contributed by atoms with Crippen molar-refractivity contribution >= 4 is 21.6 Å². The summed E-state index contributed by atoms with van der Waals surface area (Å²) in [4.78, 5) is 11.6. The molecule has 0 aliphatic heterocycles. The highest BCUT2D eigenvalue weighted by Crippen LogP contribution is 2.17. The summed E-state index contributed by atoms with van der Waals surface area (Å²) in [5.41, 5.74) is 0.537. The van der Waals surface area contributed by atoms with Gasteiger partial charge in [-0.05, 0) is 28.3 Å². The van der Waals surface area contributed by atoms with Crippen LogP contribution in [0.25, 0.3) is 0 Å². The highest BCUT2D eigenvalue weighted by Gasteiger charge is 2.09. The van der Waals surface area contributed by atoms with Crippen molar-refractivity contribution in [1.29, 1.82) is 0 Å². The maximum absolute atomic E-state index is 11.6. The third kappa shape index (κ3) is 3.81. The molecule has 0 saturated heterocycles. The Morgan fingerprint density at radius 2 is 2.35 bits per heavy atom. The fourth-order valence-corrected chi connectivity index (χ4v) is 2.02. The zero-order valence-corrected chi connectivity index (χ0v) is 11.7. The molecule has 17 heavy (non-hydrogen) atoms. The summed E-state index contributed by atoms with van der Waals surface area (Å²) >= 11 is 3.26. The Hall–Kier alpha value is -0.880. The monoisotopic (exact) mass is 303 g/mol. The van der Waals surface area contributed by atoms with Crippen LogP contribution in [0.5, 0.6) is 0 Å². The normalized spacial score (nSPS) is 12.5. The van der Waals surface area contributed by atoms with Gasteiger partial charge in [-0.25, -0.2) is 4.68 Å². The molecule has 0 aromatic carbocycles. The molecular formula is C11H18BrN3O2. The Bertz CT molecular complexity index is 420. The van der Waals surface area contributed by atoms with Gasteiger partial charge >= 0.3 is 0 Å². The van der Waals surface area contributed by atoms with Crippen molar-refractivity contribution in [2.24, 2.45) is 13.0 Å². The lowest BCUT2D eigenvalue weighted by atomic mass is 10.0. The number of anilines is 1. The Balaban J connectivity index is 2.69. The summed E-state index contributed by atoms with van der Waals surface area (Å²) in [6, 6.07) is 0. The Kier molecular flexibility index (Phi) is 5.64. The highest BCUT2D eigenvalue weighted by atomic mass is 79.9. The maximum Gasteiger partial charge on any atom is 0.282 e. The number of aliphatic hydroxyl groups is 1. The average molecular weight is 304 g/mol. The van der Waals surface area contributed by atoms with Gasteiger partial charge in [-0.2, -0.15) is 5.10 Å². The standard InChI is InChI=1S/C11H18BrN3O2/c1-3-8(4-5-16)6-13-9-7-14-15(2)11(17)10(9)12/h7-8,13,16H,3-6H2,1-2H3. The lowest BCUT2D eigenvalue weighted by Gasteiger charge is -2.15. The highest BCUT2D eigenvalue weighted by molar-refractivity contribution is 9.10. The van der Waals surface area contributed by atoms with Crippen molar-refractivity contribution < 1.29 is 5.11 Å². The zero-order valence-electron chi connectivity index (χ0n) is 10.1. The minimum Gasteiger partial charge on any atom is -0.396 e. The second kappa shape index (κ2) is 6.76. The van der Waals surface area contributed by atoms with Crippen molar-refractivity contribution in [3.63, 3.8) is 0 Å². The van der Waals surface area contributed by atoms with Crippen LogP contribution in [0.15, 0.2) is 15.5 Å². The summed E-state index contributed by atoms with van der Waals surface area (Å²) in [5.74, 6) is 0.399. The molecular weight excluding hydrogens is 286 g/mol. The molecule has 0 aliphatic carbocycles. The van der Waals surface area contributed by atoms with Crippen molar-refractivity contribution in [2.75, 3.05) is 18.5 Å². The quantitative estimate of drug-likeness (QED) is 0.833. The molecule has 0 bridgehead atoms. The van der Waals surface area contributed by atoms with Crippen molar-refractivity contribution in [2.45, 2.75) is 19.8 Å². The summed E-state index contributed by atoms with van der Waals surface area (Å²) in [6.45, 7) is 3.00. The van der Waals surface area contributed by atoms with Crippen LogP contribution >= 0.6 is 15.9 Å². The minimum atomic E-state index is -0.162. The predicted octanol–water partition coefficient (Wildman–Crippen LogP) is 1.36. The van der Waals surface area contributed by atoms with E-state index in [9.17, 15) is 4.79 Å². The van der Waals surface area contributed by atoms with E-state index in [1.54, 1.807) is 13.2 Å². The first kappa shape index (κ1) is 14.2. The molecule has 6 heteroatoms. The first-order valence-corrected chi connectivity index (χ1v) is 6.46. The van der Waals surface area contributed by atoms with Crippen molar-refractivity contribution in [3.05, 3.63) is 21.0 Å². The number of aliphatic hydroxyl groups excluding tert-OH is 1. The number of nitrogens with zero attached hydrogens (tertiary/aromatic N) is 2. The number of hydrogen-bond donors (Lipinski definition) is 2. The van der Waals surface area contributed by atoms with Crippen molar-refractivity contribution in [3.8, 4) is 0 Å². The molecule has 0 fully saturated rings. The smallest absolute Gasteiger partial charge is 0.282 e. The molecule has 2 N–H and O–H groups in total. The van der Waals surface area contributed by atoms with E-state index in [0.29, 0.717) is 16.1 Å².